The summed E-state index contributed by atoms with van der Waals surface area (Å²) in [6.45, 7) is 8.25. The third-order valence-corrected chi connectivity index (χ3v) is 6.06. The Labute approximate surface area is 146 Å². The average Bonchev–Trinajstić information content (AvgIpc) is 2.55. The average molecular weight is 355 g/mol. The zero-order valence-electron chi connectivity index (χ0n) is 15.0. The van der Waals surface area contributed by atoms with Gasteiger partial charge in [0.2, 0.25) is 10.0 Å². The van der Waals surface area contributed by atoms with E-state index in [0.29, 0.717) is 12.5 Å². The molecule has 0 bridgehead atoms. The zero-order chi connectivity index (χ0) is 17.6. The van der Waals surface area contributed by atoms with Crippen LogP contribution in [0.2, 0.25) is 0 Å². The smallest absolute Gasteiger partial charge is 0.215 e. The van der Waals surface area contributed by atoms with Crippen molar-refractivity contribution >= 4 is 10.0 Å². The maximum Gasteiger partial charge on any atom is 0.215 e. The number of hydrogen-bond donors (Lipinski definition) is 1. The molecule has 6 heteroatoms. The van der Waals surface area contributed by atoms with E-state index >= 15 is 0 Å². The first-order valence-electron chi connectivity index (χ1n) is 8.64. The van der Waals surface area contributed by atoms with Crippen molar-refractivity contribution in [3.8, 4) is 0 Å². The van der Waals surface area contributed by atoms with E-state index in [2.05, 4.69) is 9.62 Å². The SMILES string of the molecule is COCCN1CCC(CNS(=O)(=O)Cc2cc(C)ccc2C)CC1. The van der Waals surface area contributed by atoms with Crippen molar-refractivity contribution in [3.05, 3.63) is 34.9 Å². The molecule has 1 N–H and O–H groups in total. The summed E-state index contributed by atoms with van der Waals surface area (Å²) in [6.07, 6.45) is 2.07. The van der Waals surface area contributed by atoms with Gasteiger partial charge in [0.1, 0.15) is 0 Å². The van der Waals surface area contributed by atoms with Gasteiger partial charge in [0, 0.05) is 20.2 Å². The van der Waals surface area contributed by atoms with Crippen molar-refractivity contribution in [1.82, 2.24) is 9.62 Å². The molecule has 136 valence electrons. The van der Waals surface area contributed by atoms with Gasteiger partial charge in [0.25, 0.3) is 0 Å². The molecular formula is C18H30N2O3S. The van der Waals surface area contributed by atoms with Crippen LogP contribution < -0.4 is 4.72 Å². The van der Waals surface area contributed by atoms with E-state index in [4.69, 9.17) is 4.74 Å². The van der Waals surface area contributed by atoms with E-state index in [9.17, 15) is 8.42 Å². The van der Waals surface area contributed by atoms with Gasteiger partial charge in [-0.05, 0) is 56.8 Å². The van der Waals surface area contributed by atoms with Gasteiger partial charge in [-0.1, -0.05) is 23.8 Å². The van der Waals surface area contributed by atoms with Gasteiger partial charge in [-0.2, -0.15) is 0 Å². The molecule has 0 radical (unpaired) electrons. The van der Waals surface area contributed by atoms with Crippen LogP contribution in [0.4, 0.5) is 0 Å². The summed E-state index contributed by atoms with van der Waals surface area (Å²) in [4.78, 5) is 2.38. The van der Waals surface area contributed by atoms with Crippen LogP contribution in [0, 0.1) is 19.8 Å². The second-order valence-electron chi connectivity index (χ2n) is 6.82. The molecule has 0 atom stereocenters. The fourth-order valence-electron chi connectivity index (χ4n) is 3.09. The summed E-state index contributed by atoms with van der Waals surface area (Å²) in [5.41, 5.74) is 3.00. The van der Waals surface area contributed by atoms with Crippen molar-refractivity contribution in [3.63, 3.8) is 0 Å². The number of methoxy groups -OCH3 is 1. The molecular weight excluding hydrogens is 324 g/mol. The fraction of sp³-hybridized carbons (Fsp3) is 0.667. The molecule has 1 aromatic carbocycles. The van der Waals surface area contributed by atoms with Crippen LogP contribution in [-0.4, -0.2) is 53.2 Å². The largest absolute Gasteiger partial charge is 0.383 e. The van der Waals surface area contributed by atoms with Gasteiger partial charge in [-0.3, -0.25) is 0 Å². The highest BCUT2D eigenvalue weighted by atomic mass is 32.2. The molecule has 0 unspecified atom stereocenters. The second kappa shape index (κ2) is 8.94. The monoisotopic (exact) mass is 354 g/mol. The third-order valence-electron chi connectivity index (χ3n) is 4.76. The fourth-order valence-corrected chi connectivity index (χ4v) is 4.40. The number of nitrogens with one attached hydrogen (secondary N) is 1. The second-order valence-corrected chi connectivity index (χ2v) is 8.62. The number of benzene rings is 1. The Balaban J connectivity index is 1.80. The molecule has 0 aromatic heterocycles. The van der Waals surface area contributed by atoms with E-state index in [1.165, 1.54) is 0 Å². The first kappa shape index (κ1) is 19.4. The van der Waals surface area contributed by atoms with Gasteiger partial charge in [-0.25, -0.2) is 13.1 Å². The summed E-state index contributed by atoms with van der Waals surface area (Å²) in [5, 5.41) is 0. The highest BCUT2D eigenvalue weighted by Crippen LogP contribution is 2.17. The zero-order valence-corrected chi connectivity index (χ0v) is 15.9. The predicted molar refractivity (Wildman–Crippen MR) is 97.6 cm³/mol. The minimum absolute atomic E-state index is 0.0627. The lowest BCUT2D eigenvalue weighted by Crippen LogP contribution is -2.40. The van der Waals surface area contributed by atoms with E-state index in [1.807, 2.05) is 32.0 Å². The molecule has 1 fully saturated rings. The number of ether oxygens (including phenoxy) is 1. The number of likely N-dealkylation sites (tertiary alicyclic amines) is 1. The Morgan fingerprint density at radius 2 is 1.96 bits per heavy atom. The predicted octanol–water partition coefficient (Wildman–Crippen LogP) is 2.08. The standard InChI is InChI=1S/C18H30N2O3S/c1-15-4-5-16(2)18(12-15)14-24(21,22)19-13-17-6-8-20(9-7-17)10-11-23-3/h4-5,12,17,19H,6-11,13-14H2,1-3H3. The molecule has 2 rings (SSSR count). The van der Waals surface area contributed by atoms with Crippen LogP contribution in [0.25, 0.3) is 0 Å². The number of nitrogens with zero attached hydrogens (tertiary/aromatic N) is 1. The highest BCUT2D eigenvalue weighted by Gasteiger charge is 2.21. The quantitative estimate of drug-likeness (QED) is 0.776. The summed E-state index contributed by atoms with van der Waals surface area (Å²) in [6, 6.07) is 5.95. The number of piperidine rings is 1. The normalized spacial score (nSPS) is 17.3. The van der Waals surface area contributed by atoms with E-state index in [1.54, 1.807) is 7.11 Å². The Kier molecular flexibility index (Phi) is 7.22. The van der Waals surface area contributed by atoms with Gasteiger partial charge in [0.05, 0.1) is 12.4 Å². The Morgan fingerprint density at radius 1 is 1.25 bits per heavy atom. The van der Waals surface area contributed by atoms with Crippen LogP contribution in [0.3, 0.4) is 0 Å². The Morgan fingerprint density at radius 3 is 2.62 bits per heavy atom. The molecule has 24 heavy (non-hydrogen) atoms. The molecule has 1 aromatic rings. The molecule has 1 aliphatic rings. The van der Waals surface area contributed by atoms with Crippen molar-refractivity contribution in [2.24, 2.45) is 5.92 Å². The van der Waals surface area contributed by atoms with Crippen LogP contribution in [-0.2, 0) is 20.5 Å². The van der Waals surface area contributed by atoms with Gasteiger partial charge < -0.3 is 9.64 Å². The first-order chi connectivity index (χ1) is 11.4. The molecule has 1 saturated heterocycles. The lowest BCUT2D eigenvalue weighted by Gasteiger charge is -2.31. The molecule has 1 aliphatic heterocycles. The van der Waals surface area contributed by atoms with Crippen LogP contribution >= 0.6 is 0 Å². The van der Waals surface area contributed by atoms with Crippen LogP contribution in [0.15, 0.2) is 18.2 Å². The lowest BCUT2D eigenvalue weighted by molar-refractivity contribution is 0.121. The maximum absolute atomic E-state index is 12.4. The summed E-state index contributed by atoms with van der Waals surface area (Å²) in [7, 11) is -1.56. The molecule has 1 heterocycles. The van der Waals surface area contributed by atoms with Gasteiger partial charge >= 0.3 is 0 Å². The lowest BCUT2D eigenvalue weighted by atomic mass is 9.97. The van der Waals surface area contributed by atoms with Gasteiger partial charge in [0.15, 0.2) is 0 Å². The van der Waals surface area contributed by atoms with Gasteiger partial charge in [-0.15, -0.1) is 0 Å². The number of rotatable bonds is 8. The molecule has 0 aliphatic carbocycles. The Bertz CT molecular complexity index is 623. The van der Waals surface area contributed by atoms with Crippen LogP contribution in [0.5, 0.6) is 0 Å². The maximum atomic E-state index is 12.4. The first-order valence-corrected chi connectivity index (χ1v) is 10.3. The number of aryl methyl sites for hydroxylation is 2. The topological polar surface area (TPSA) is 58.6 Å². The highest BCUT2D eigenvalue weighted by molar-refractivity contribution is 7.88. The van der Waals surface area contributed by atoms with E-state index in [0.717, 1.165) is 55.8 Å². The Hall–Kier alpha value is -0.950. The number of hydrogen-bond acceptors (Lipinski definition) is 4. The van der Waals surface area contributed by atoms with Crippen LogP contribution in [0.1, 0.15) is 29.5 Å². The molecule has 5 nitrogen and oxygen atoms in total. The summed E-state index contributed by atoms with van der Waals surface area (Å²) in [5.74, 6) is 0.491. The number of sulfonamides is 1. The molecule has 0 amide bonds. The van der Waals surface area contributed by atoms with E-state index < -0.39 is 10.0 Å². The third kappa shape index (κ3) is 6.16. The molecule has 0 spiro atoms. The van der Waals surface area contributed by atoms with Crippen molar-refractivity contribution in [1.29, 1.82) is 0 Å². The van der Waals surface area contributed by atoms with Crippen molar-refractivity contribution < 1.29 is 13.2 Å². The molecule has 0 saturated carbocycles. The van der Waals surface area contributed by atoms with E-state index in [-0.39, 0.29) is 5.75 Å². The minimum Gasteiger partial charge on any atom is -0.383 e. The van der Waals surface area contributed by atoms with Crippen molar-refractivity contribution in [2.45, 2.75) is 32.4 Å². The summed E-state index contributed by atoms with van der Waals surface area (Å²) < 4.78 is 32.7. The van der Waals surface area contributed by atoms with Crippen molar-refractivity contribution in [2.75, 3.05) is 39.9 Å². The summed E-state index contributed by atoms with van der Waals surface area (Å²) >= 11 is 0. The minimum atomic E-state index is -3.28.